The Bertz CT molecular complexity index is 814. The number of methoxy groups -OCH3 is 2. The molecule has 1 aromatic carbocycles. The Morgan fingerprint density at radius 3 is 2.43 bits per heavy atom. The first-order chi connectivity index (χ1) is 13.2. The van der Waals surface area contributed by atoms with E-state index in [0.717, 1.165) is 16.2 Å². The molecule has 0 atom stereocenters. The van der Waals surface area contributed by atoms with Crippen LogP contribution < -0.4 is 19.5 Å². The van der Waals surface area contributed by atoms with E-state index >= 15 is 0 Å². The van der Waals surface area contributed by atoms with Crippen molar-refractivity contribution in [3.05, 3.63) is 46.1 Å². The fraction of sp³-hybridized carbons (Fsp3) is 0.333. The Kier molecular flexibility index (Phi) is 7.50. The van der Waals surface area contributed by atoms with Crippen molar-refractivity contribution in [3.8, 4) is 17.4 Å². The van der Waals surface area contributed by atoms with Crippen LogP contribution in [0.1, 0.15) is 15.9 Å². The number of ether oxygens (including phenoxy) is 3. The topological polar surface area (TPSA) is 69.7 Å². The van der Waals surface area contributed by atoms with E-state index < -0.39 is 18.7 Å². The maximum Gasteiger partial charge on any atom is 0.422 e. The lowest BCUT2D eigenvalue weighted by Crippen LogP contribution is -2.26. The van der Waals surface area contributed by atoms with E-state index in [1.807, 2.05) is 6.07 Å². The molecule has 0 unspecified atom stereocenters. The van der Waals surface area contributed by atoms with Crippen molar-refractivity contribution in [1.29, 1.82) is 0 Å². The number of hydrogen-bond acceptors (Lipinski definition) is 5. The fourth-order valence-corrected chi connectivity index (χ4v) is 2.78. The summed E-state index contributed by atoms with van der Waals surface area (Å²) < 4.78 is 52.1. The number of aromatic nitrogens is 1. The van der Waals surface area contributed by atoms with E-state index in [1.54, 1.807) is 6.07 Å². The molecule has 1 heterocycles. The Morgan fingerprint density at radius 2 is 1.86 bits per heavy atom. The Balaban J connectivity index is 1.90. The van der Waals surface area contributed by atoms with Crippen LogP contribution >= 0.6 is 15.9 Å². The van der Waals surface area contributed by atoms with Gasteiger partial charge in [-0.2, -0.15) is 13.2 Å². The van der Waals surface area contributed by atoms with E-state index in [9.17, 15) is 18.0 Å². The van der Waals surface area contributed by atoms with Gasteiger partial charge in [-0.3, -0.25) is 4.79 Å². The number of carbonyl (C=O) groups is 1. The predicted molar refractivity (Wildman–Crippen MR) is 99.1 cm³/mol. The lowest BCUT2D eigenvalue weighted by molar-refractivity contribution is -0.154. The van der Waals surface area contributed by atoms with Crippen molar-refractivity contribution in [2.75, 3.05) is 27.4 Å². The summed E-state index contributed by atoms with van der Waals surface area (Å²) in [6.45, 7) is -1.11. The molecule has 2 rings (SSSR count). The lowest BCUT2D eigenvalue weighted by Gasteiger charge is -2.12. The number of benzene rings is 1. The molecule has 0 fully saturated rings. The standard InChI is InChI=1S/C18H18BrF3N2O4/c1-26-14-7-11(13(19)8-15(14)27-2)5-6-23-17(25)12-3-4-16(24-9-12)28-10-18(20,21)22/h3-4,7-9H,5-6,10H2,1-2H3,(H,23,25). The highest BCUT2D eigenvalue weighted by Gasteiger charge is 2.28. The average molecular weight is 463 g/mol. The first kappa shape index (κ1) is 21.8. The second-order valence-corrected chi connectivity index (χ2v) is 6.45. The Morgan fingerprint density at radius 1 is 1.18 bits per heavy atom. The van der Waals surface area contributed by atoms with Gasteiger partial charge in [0.2, 0.25) is 5.88 Å². The number of hydrogen-bond donors (Lipinski definition) is 1. The maximum absolute atomic E-state index is 12.1. The quantitative estimate of drug-likeness (QED) is 0.646. The van der Waals surface area contributed by atoms with Gasteiger partial charge in [0.05, 0.1) is 19.8 Å². The molecule has 28 heavy (non-hydrogen) atoms. The molecule has 0 bridgehead atoms. The number of alkyl halides is 3. The zero-order chi connectivity index (χ0) is 20.7. The van der Waals surface area contributed by atoms with E-state index in [2.05, 4.69) is 31.0 Å². The second kappa shape index (κ2) is 9.63. The minimum Gasteiger partial charge on any atom is -0.493 e. The number of pyridine rings is 1. The summed E-state index contributed by atoms with van der Waals surface area (Å²) in [5.41, 5.74) is 1.12. The lowest BCUT2D eigenvalue weighted by atomic mass is 10.1. The number of rotatable bonds is 8. The summed E-state index contributed by atoms with van der Waals surface area (Å²) >= 11 is 3.45. The molecule has 1 aromatic heterocycles. The largest absolute Gasteiger partial charge is 0.493 e. The zero-order valence-corrected chi connectivity index (χ0v) is 16.7. The summed E-state index contributed by atoms with van der Waals surface area (Å²) in [4.78, 5) is 15.8. The van der Waals surface area contributed by atoms with E-state index in [0.29, 0.717) is 24.5 Å². The molecule has 0 aliphatic carbocycles. The molecule has 6 nitrogen and oxygen atoms in total. The van der Waals surface area contributed by atoms with Gasteiger partial charge in [-0.05, 0) is 30.2 Å². The minimum atomic E-state index is -4.45. The first-order valence-electron chi connectivity index (χ1n) is 8.07. The Hall–Kier alpha value is -2.49. The summed E-state index contributed by atoms with van der Waals surface area (Å²) in [5, 5.41) is 2.72. The van der Waals surface area contributed by atoms with Gasteiger partial charge < -0.3 is 19.5 Å². The van der Waals surface area contributed by atoms with Gasteiger partial charge in [0.25, 0.3) is 5.91 Å². The van der Waals surface area contributed by atoms with E-state index in [4.69, 9.17) is 9.47 Å². The van der Waals surface area contributed by atoms with Gasteiger partial charge in [-0.25, -0.2) is 4.98 Å². The van der Waals surface area contributed by atoms with Gasteiger partial charge in [0, 0.05) is 23.3 Å². The van der Waals surface area contributed by atoms with Crippen molar-refractivity contribution in [2.24, 2.45) is 0 Å². The molecule has 0 saturated heterocycles. The fourth-order valence-electron chi connectivity index (χ4n) is 2.26. The van der Waals surface area contributed by atoms with Gasteiger partial charge >= 0.3 is 6.18 Å². The molecule has 10 heteroatoms. The van der Waals surface area contributed by atoms with Crippen LogP contribution in [0.3, 0.4) is 0 Å². The number of amides is 1. The molecule has 1 amide bonds. The van der Waals surface area contributed by atoms with Crippen LogP contribution in [0.25, 0.3) is 0 Å². The molecule has 0 aliphatic rings. The summed E-state index contributed by atoms with van der Waals surface area (Å²) in [6, 6.07) is 6.15. The normalized spacial score (nSPS) is 11.1. The second-order valence-electron chi connectivity index (χ2n) is 5.59. The Labute approximate surface area is 168 Å². The van der Waals surface area contributed by atoms with E-state index in [-0.39, 0.29) is 11.4 Å². The predicted octanol–water partition coefficient (Wildman–Crippen LogP) is 3.77. The molecule has 152 valence electrons. The van der Waals surface area contributed by atoms with Crippen LogP contribution in [-0.4, -0.2) is 44.4 Å². The van der Waals surface area contributed by atoms with Crippen molar-refractivity contribution < 1.29 is 32.2 Å². The third kappa shape index (κ3) is 6.29. The van der Waals surface area contributed by atoms with Gasteiger partial charge in [0.15, 0.2) is 18.1 Å². The molecule has 0 saturated carbocycles. The first-order valence-corrected chi connectivity index (χ1v) is 8.87. The summed E-state index contributed by atoms with van der Waals surface area (Å²) in [7, 11) is 3.07. The van der Waals surface area contributed by atoms with Crippen molar-refractivity contribution in [1.82, 2.24) is 10.3 Å². The van der Waals surface area contributed by atoms with Gasteiger partial charge in [-0.1, -0.05) is 15.9 Å². The van der Waals surface area contributed by atoms with Crippen molar-refractivity contribution in [3.63, 3.8) is 0 Å². The van der Waals surface area contributed by atoms with Crippen LogP contribution in [0.15, 0.2) is 34.9 Å². The molecule has 0 aliphatic heterocycles. The SMILES string of the molecule is COc1cc(Br)c(CCNC(=O)c2ccc(OCC(F)(F)F)nc2)cc1OC. The van der Waals surface area contributed by atoms with Crippen LogP contribution in [0, 0.1) is 0 Å². The van der Waals surface area contributed by atoms with Crippen molar-refractivity contribution in [2.45, 2.75) is 12.6 Å². The summed E-state index contributed by atoms with van der Waals surface area (Å²) in [5.74, 6) is 0.557. The highest BCUT2D eigenvalue weighted by Crippen LogP contribution is 2.33. The van der Waals surface area contributed by atoms with Crippen molar-refractivity contribution >= 4 is 21.8 Å². The highest BCUT2D eigenvalue weighted by molar-refractivity contribution is 9.10. The number of halogens is 4. The van der Waals surface area contributed by atoms with E-state index in [1.165, 1.54) is 26.4 Å². The summed E-state index contributed by atoms with van der Waals surface area (Å²) in [6.07, 6.45) is -2.77. The molecule has 2 aromatic rings. The monoisotopic (exact) mass is 462 g/mol. The number of nitrogens with zero attached hydrogens (tertiary/aromatic N) is 1. The zero-order valence-electron chi connectivity index (χ0n) is 15.1. The van der Waals surface area contributed by atoms with Crippen LogP contribution in [-0.2, 0) is 6.42 Å². The molecule has 0 radical (unpaired) electrons. The molecular formula is C18H18BrF3N2O4. The van der Waals surface area contributed by atoms with Crippen LogP contribution in [0.4, 0.5) is 13.2 Å². The van der Waals surface area contributed by atoms with Gasteiger partial charge in [-0.15, -0.1) is 0 Å². The van der Waals surface area contributed by atoms with Crippen LogP contribution in [0.5, 0.6) is 17.4 Å². The average Bonchev–Trinajstić information content (AvgIpc) is 2.67. The maximum atomic E-state index is 12.1. The molecule has 1 N–H and O–H groups in total. The minimum absolute atomic E-state index is 0.205. The molecule has 0 spiro atoms. The van der Waals surface area contributed by atoms with Gasteiger partial charge in [0.1, 0.15) is 0 Å². The number of nitrogens with one attached hydrogen (secondary N) is 1. The molecular weight excluding hydrogens is 445 g/mol. The highest BCUT2D eigenvalue weighted by atomic mass is 79.9. The number of carbonyl (C=O) groups excluding carboxylic acids is 1. The third-order valence-electron chi connectivity index (χ3n) is 3.61. The third-order valence-corrected chi connectivity index (χ3v) is 4.35. The van der Waals surface area contributed by atoms with Crippen LogP contribution in [0.2, 0.25) is 0 Å². The smallest absolute Gasteiger partial charge is 0.422 e.